The van der Waals surface area contributed by atoms with Crippen LogP contribution in [0.1, 0.15) is 18.5 Å². The van der Waals surface area contributed by atoms with E-state index in [9.17, 15) is 4.79 Å². The molecular weight excluding hydrogens is 458 g/mol. The minimum Gasteiger partial charge on any atom is -0.497 e. The number of benzene rings is 3. The second kappa shape index (κ2) is 8.24. The van der Waals surface area contributed by atoms with E-state index in [0.717, 1.165) is 11.3 Å². The number of halogens is 1. The van der Waals surface area contributed by atoms with Crippen LogP contribution < -0.4 is 25.0 Å². The van der Waals surface area contributed by atoms with E-state index in [2.05, 4.69) is 10.6 Å². The fraction of sp³-hybridized carbons (Fsp3) is 0.200. The molecule has 2 bridgehead atoms. The van der Waals surface area contributed by atoms with E-state index in [-0.39, 0.29) is 5.91 Å². The summed E-state index contributed by atoms with van der Waals surface area (Å²) in [5.74, 6) is 0.514. The minimum absolute atomic E-state index is 0.200. The van der Waals surface area contributed by atoms with Gasteiger partial charge in [0.05, 0.1) is 13.2 Å². The zero-order valence-electron chi connectivity index (χ0n) is 18.0. The summed E-state index contributed by atoms with van der Waals surface area (Å²) < 4.78 is 12.0. The molecule has 168 valence electrons. The number of para-hydroxylation sites is 1. The third-order valence-electron chi connectivity index (χ3n) is 6.11. The molecular formula is C25H22ClN3O3S. The lowest BCUT2D eigenvalue weighted by Gasteiger charge is -2.56. The number of carbonyl (C=O) groups excluding carboxylic acids is 1. The van der Waals surface area contributed by atoms with Crippen LogP contribution in [-0.2, 0) is 4.79 Å². The van der Waals surface area contributed by atoms with E-state index >= 15 is 0 Å². The molecule has 0 saturated carbocycles. The molecule has 33 heavy (non-hydrogen) atoms. The Balaban J connectivity index is 1.62. The van der Waals surface area contributed by atoms with Crippen molar-refractivity contribution in [2.75, 3.05) is 17.3 Å². The van der Waals surface area contributed by atoms with Gasteiger partial charge < -0.3 is 20.1 Å². The van der Waals surface area contributed by atoms with Crippen LogP contribution >= 0.6 is 23.8 Å². The zero-order valence-corrected chi connectivity index (χ0v) is 19.6. The molecule has 2 aliphatic rings. The van der Waals surface area contributed by atoms with Gasteiger partial charge in [0.2, 0.25) is 5.91 Å². The number of nitrogens with one attached hydrogen (secondary N) is 2. The van der Waals surface area contributed by atoms with Gasteiger partial charge in [-0.15, -0.1) is 0 Å². The Bertz CT molecular complexity index is 1220. The fourth-order valence-corrected chi connectivity index (χ4v) is 5.15. The molecule has 0 unspecified atom stereocenters. The van der Waals surface area contributed by atoms with Crippen LogP contribution in [0.15, 0.2) is 72.8 Å². The van der Waals surface area contributed by atoms with Crippen molar-refractivity contribution in [3.8, 4) is 11.5 Å². The van der Waals surface area contributed by atoms with Crippen molar-refractivity contribution in [1.29, 1.82) is 0 Å². The first-order valence-corrected chi connectivity index (χ1v) is 11.3. The number of rotatable bonds is 4. The first-order valence-electron chi connectivity index (χ1n) is 10.5. The van der Waals surface area contributed by atoms with Gasteiger partial charge in [-0.1, -0.05) is 29.8 Å². The Kier molecular flexibility index (Phi) is 5.38. The monoisotopic (exact) mass is 479 g/mol. The predicted molar refractivity (Wildman–Crippen MR) is 133 cm³/mol. The third kappa shape index (κ3) is 3.67. The number of hydrogen-bond donors (Lipinski definition) is 2. The summed E-state index contributed by atoms with van der Waals surface area (Å²) in [4.78, 5) is 15.6. The molecule has 8 heteroatoms. The van der Waals surface area contributed by atoms with Crippen LogP contribution in [0.5, 0.6) is 11.5 Å². The normalized spacial score (nSPS) is 23.1. The number of methoxy groups -OCH3 is 1. The highest BCUT2D eigenvalue weighted by atomic mass is 35.5. The van der Waals surface area contributed by atoms with E-state index in [1.54, 1.807) is 31.4 Å². The van der Waals surface area contributed by atoms with Gasteiger partial charge >= 0.3 is 0 Å². The molecule has 2 aliphatic heterocycles. The number of anilines is 2. The second-order valence-electron chi connectivity index (χ2n) is 8.13. The van der Waals surface area contributed by atoms with Crippen molar-refractivity contribution >= 4 is 46.2 Å². The van der Waals surface area contributed by atoms with Crippen molar-refractivity contribution in [1.82, 2.24) is 5.32 Å². The Morgan fingerprint density at radius 1 is 1.15 bits per heavy atom. The molecule has 0 spiro atoms. The van der Waals surface area contributed by atoms with Gasteiger partial charge in [-0.25, -0.2) is 0 Å². The Morgan fingerprint density at radius 2 is 1.88 bits per heavy atom. The van der Waals surface area contributed by atoms with Crippen molar-refractivity contribution in [2.45, 2.75) is 18.7 Å². The summed E-state index contributed by atoms with van der Waals surface area (Å²) in [7, 11) is 1.61. The Labute approximate surface area is 202 Å². The Morgan fingerprint density at radius 3 is 2.58 bits per heavy atom. The van der Waals surface area contributed by atoms with Crippen LogP contribution in [0, 0.1) is 5.92 Å². The number of hydrogen-bond acceptors (Lipinski definition) is 4. The van der Waals surface area contributed by atoms with Crippen LogP contribution in [0.4, 0.5) is 11.4 Å². The summed E-state index contributed by atoms with van der Waals surface area (Å²) in [6.45, 7) is 1.90. The van der Waals surface area contributed by atoms with Gasteiger partial charge in [0.1, 0.15) is 17.4 Å². The number of thiocarbonyl (C=S) groups is 1. The smallest absolute Gasteiger partial charge is 0.236 e. The Hall–Kier alpha value is -3.29. The van der Waals surface area contributed by atoms with E-state index in [1.165, 1.54) is 0 Å². The second-order valence-corrected chi connectivity index (χ2v) is 8.96. The average molecular weight is 480 g/mol. The number of amides is 1. The lowest BCUT2D eigenvalue weighted by atomic mass is 9.78. The van der Waals surface area contributed by atoms with Gasteiger partial charge in [-0.3, -0.25) is 9.69 Å². The lowest BCUT2D eigenvalue weighted by molar-refractivity contribution is -0.130. The maximum absolute atomic E-state index is 13.8. The van der Waals surface area contributed by atoms with Crippen LogP contribution in [-0.4, -0.2) is 23.9 Å². The number of fused-ring (bicyclic) bond motifs is 4. The van der Waals surface area contributed by atoms with Crippen molar-refractivity contribution in [3.05, 3.63) is 83.4 Å². The van der Waals surface area contributed by atoms with Crippen LogP contribution in [0.25, 0.3) is 0 Å². The highest BCUT2D eigenvalue weighted by molar-refractivity contribution is 7.80. The maximum atomic E-state index is 13.8. The molecule has 1 saturated heterocycles. The van der Waals surface area contributed by atoms with Crippen LogP contribution in [0.2, 0.25) is 5.02 Å². The fourth-order valence-electron chi connectivity index (χ4n) is 4.61. The molecule has 3 aromatic carbocycles. The van der Waals surface area contributed by atoms with Crippen molar-refractivity contribution in [2.24, 2.45) is 5.92 Å². The van der Waals surface area contributed by atoms with E-state index in [4.69, 9.17) is 33.3 Å². The molecule has 6 nitrogen and oxygen atoms in total. The van der Waals surface area contributed by atoms with Crippen LogP contribution in [0.3, 0.4) is 0 Å². The van der Waals surface area contributed by atoms with Gasteiger partial charge in [-0.2, -0.15) is 0 Å². The first kappa shape index (κ1) is 21.6. The van der Waals surface area contributed by atoms with Gasteiger partial charge in [0.25, 0.3) is 0 Å². The molecule has 1 amide bonds. The standard InChI is InChI=1S/C25H22ClN3O3S/c1-25-21(23(30)27-16-10-8-15(26)9-11-16)22(19-14-18(31-2)12-13-20(19)32-25)28-24(33)29(25)17-6-4-3-5-7-17/h3-14,21-22H,1-2H3,(H,27,30)(H,28,33)/t21-,22-,25+/m0/s1. The average Bonchev–Trinajstić information content (AvgIpc) is 2.80. The molecule has 2 N–H and O–H groups in total. The maximum Gasteiger partial charge on any atom is 0.236 e. The minimum atomic E-state index is -1.08. The van der Waals surface area contributed by atoms with Gasteiger partial charge in [-0.05, 0) is 73.7 Å². The molecule has 0 aromatic heterocycles. The quantitative estimate of drug-likeness (QED) is 0.505. The van der Waals surface area contributed by atoms with E-state index in [0.29, 0.717) is 27.3 Å². The van der Waals surface area contributed by atoms with E-state index < -0.39 is 17.7 Å². The topological polar surface area (TPSA) is 62.8 Å². The largest absolute Gasteiger partial charge is 0.497 e. The predicted octanol–water partition coefficient (Wildman–Crippen LogP) is 5.15. The summed E-state index contributed by atoms with van der Waals surface area (Å²) in [6.07, 6.45) is 0. The molecule has 5 rings (SSSR count). The summed E-state index contributed by atoms with van der Waals surface area (Å²) >= 11 is 11.8. The van der Waals surface area contributed by atoms with Crippen molar-refractivity contribution in [3.63, 3.8) is 0 Å². The SMILES string of the molecule is COc1ccc2c(c1)[C@@H]1NC(=S)N(c3ccccc3)[C@](C)(O2)[C@@H]1C(=O)Nc1ccc(Cl)cc1. The van der Waals surface area contributed by atoms with Gasteiger partial charge in [0, 0.05) is 22.0 Å². The molecule has 3 atom stereocenters. The summed E-state index contributed by atoms with van der Waals surface area (Å²) in [5.41, 5.74) is 1.22. The number of ether oxygens (including phenoxy) is 2. The number of carbonyl (C=O) groups is 1. The molecule has 0 aliphatic carbocycles. The summed E-state index contributed by atoms with van der Waals surface area (Å²) in [5, 5.41) is 7.50. The molecule has 3 aromatic rings. The molecule has 2 heterocycles. The molecule has 1 fully saturated rings. The summed E-state index contributed by atoms with van der Waals surface area (Å²) in [6, 6.07) is 21.9. The highest BCUT2D eigenvalue weighted by Crippen LogP contribution is 2.50. The van der Waals surface area contributed by atoms with Crippen molar-refractivity contribution < 1.29 is 14.3 Å². The first-order chi connectivity index (χ1) is 15.9. The highest BCUT2D eigenvalue weighted by Gasteiger charge is 2.59. The van der Waals surface area contributed by atoms with E-state index in [1.807, 2.05) is 60.4 Å². The van der Waals surface area contributed by atoms with Gasteiger partial charge in [0.15, 0.2) is 10.8 Å². The molecule has 0 radical (unpaired) electrons. The zero-order chi connectivity index (χ0) is 23.2. The number of nitrogens with zero attached hydrogens (tertiary/aromatic N) is 1. The third-order valence-corrected chi connectivity index (χ3v) is 6.67. The lowest BCUT2D eigenvalue weighted by Crippen LogP contribution is -2.72.